The van der Waals surface area contributed by atoms with Crippen LogP contribution in [0.2, 0.25) is 0 Å². The molecule has 0 aliphatic rings. The molecule has 0 fully saturated rings. The van der Waals surface area contributed by atoms with E-state index in [2.05, 4.69) is 11.9 Å². The van der Waals surface area contributed by atoms with Gasteiger partial charge in [-0.05, 0) is 47.5 Å². The molecule has 3 N–H and O–H groups in total. The SMILES string of the molecule is C.C=C(C)C[C@@H](C(=O)NC(C)(C)C)[C@H](C/C=C/C)C(N)=O. The summed E-state index contributed by atoms with van der Waals surface area (Å²) in [6.45, 7) is 13.3. The van der Waals surface area contributed by atoms with E-state index in [9.17, 15) is 9.59 Å². The van der Waals surface area contributed by atoms with Crippen LogP contribution in [-0.4, -0.2) is 17.4 Å². The van der Waals surface area contributed by atoms with Crippen molar-refractivity contribution in [2.75, 3.05) is 0 Å². The van der Waals surface area contributed by atoms with Crippen LogP contribution in [0.3, 0.4) is 0 Å². The molecule has 0 aromatic rings. The Morgan fingerprint density at radius 1 is 1.29 bits per heavy atom. The van der Waals surface area contributed by atoms with Crippen molar-refractivity contribution < 1.29 is 9.59 Å². The van der Waals surface area contributed by atoms with E-state index in [-0.39, 0.29) is 18.9 Å². The lowest BCUT2D eigenvalue weighted by atomic mass is 9.83. The maximum Gasteiger partial charge on any atom is 0.224 e. The van der Waals surface area contributed by atoms with Crippen molar-refractivity contribution in [3.63, 3.8) is 0 Å². The normalized spacial score (nSPS) is 14.1. The lowest BCUT2D eigenvalue weighted by Gasteiger charge is -2.28. The molecule has 0 saturated heterocycles. The van der Waals surface area contributed by atoms with E-state index in [4.69, 9.17) is 5.73 Å². The molecule has 122 valence electrons. The molecule has 0 aromatic carbocycles. The molecular formula is C17H32N2O2. The maximum atomic E-state index is 12.4. The summed E-state index contributed by atoms with van der Waals surface area (Å²) in [4.78, 5) is 24.1. The Kier molecular flexibility index (Phi) is 9.69. The third kappa shape index (κ3) is 9.05. The van der Waals surface area contributed by atoms with Gasteiger partial charge in [0.25, 0.3) is 0 Å². The summed E-state index contributed by atoms with van der Waals surface area (Å²) in [6, 6.07) is 0. The topological polar surface area (TPSA) is 72.2 Å². The minimum Gasteiger partial charge on any atom is -0.369 e. The first-order chi connectivity index (χ1) is 9.08. The van der Waals surface area contributed by atoms with Crippen LogP contribution >= 0.6 is 0 Å². The molecule has 0 unspecified atom stereocenters. The van der Waals surface area contributed by atoms with Gasteiger partial charge in [-0.15, -0.1) is 6.58 Å². The van der Waals surface area contributed by atoms with Crippen LogP contribution in [0, 0.1) is 11.8 Å². The van der Waals surface area contributed by atoms with Gasteiger partial charge in [0.1, 0.15) is 0 Å². The molecule has 0 spiro atoms. The molecule has 2 amide bonds. The maximum absolute atomic E-state index is 12.4. The molecular weight excluding hydrogens is 264 g/mol. The zero-order valence-electron chi connectivity index (χ0n) is 13.3. The van der Waals surface area contributed by atoms with Gasteiger partial charge in [-0.3, -0.25) is 9.59 Å². The standard InChI is InChI=1S/C16H28N2O2.CH4/c1-7-8-9-12(14(17)19)13(10-11(2)3)15(20)18-16(4,5)6;/h7-8,12-13H,2,9-10H2,1,3-6H3,(H2,17,19)(H,18,20);1H4/b8-7+;/t12-,13+;/m0./s1. The van der Waals surface area contributed by atoms with E-state index in [1.165, 1.54) is 0 Å². The first-order valence-corrected chi connectivity index (χ1v) is 6.95. The number of rotatable bonds is 7. The lowest BCUT2D eigenvalue weighted by Crippen LogP contribution is -2.47. The first-order valence-electron chi connectivity index (χ1n) is 6.95. The van der Waals surface area contributed by atoms with Crippen molar-refractivity contribution in [2.45, 2.75) is 60.4 Å². The summed E-state index contributed by atoms with van der Waals surface area (Å²) in [5, 5.41) is 2.92. The first kappa shape index (κ1) is 21.7. The van der Waals surface area contributed by atoms with Crippen LogP contribution in [0.25, 0.3) is 0 Å². The Morgan fingerprint density at radius 3 is 2.14 bits per heavy atom. The van der Waals surface area contributed by atoms with Gasteiger partial charge in [0.15, 0.2) is 0 Å². The van der Waals surface area contributed by atoms with Gasteiger partial charge in [-0.1, -0.05) is 25.2 Å². The van der Waals surface area contributed by atoms with Crippen LogP contribution < -0.4 is 11.1 Å². The summed E-state index contributed by atoms with van der Waals surface area (Å²) in [5.41, 5.74) is 6.00. The van der Waals surface area contributed by atoms with E-state index in [0.29, 0.717) is 12.8 Å². The fraction of sp³-hybridized carbons (Fsp3) is 0.647. The zero-order valence-corrected chi connectivity index (χ0v) is 13.3. The number of carbonyl (C=O) groups is 2. The number of allylic oxidation sites excluding steroid dienone is 3. The average molecular weight is 296 g/mol. The van der Waals surface area contributed by atoms with Crippen LogP contribution in [-0.2, 0) is 9.59 Å². The number of hydrogen-bond acceptors (Lipinski definition) is 2. The summed E-state index contributed by atoms with van der Waals surface area (Å²) < 4.78 is 0. The van der Waals surface area contributed by atoms with Crippen LogP contribution in [0.15, 0.2) is 24.3 Å². The summed E-state index contributed by atoms with van der Waals surface area (Å²) >= 11 is 0. The second kappa shape index (κ2) is 9.37. The fourth-order valence-corrected chi connectivity index (χ4v) is 2.02. The second-order valence-corrected chi connectivity index (χ2v) is 6.32. The van der Waals surface area contributed by atoms with Gasteiger partial charge in [0, 0.05) is 5.54 Å². The molecule has 0 radical (unpaired) electrons. The third-order valence-electron chi connectivity index (χ3n) is 2.88. The van der Waals surface area contributed by atoms with Gasteiger partial charge in [-0.2, -0.15) is 0 Å². The minimum atomic E-state index is -0.509. The zero-order chi connectivity index (χ0) is 15.9. The van der Waals surface area contributed by atoms with Crippen LogP contribution in [0.4, 0.5) is 0 Å². The van der Waals surface area contributed by atoms with Gasteiger partial charge in [-0.25, -0.2) is 0 Å². The predicted molar refractivity (Wildman–Crippen MR) is 89.7 cm³/mol. The fourth-order valence-electron chi connectivity index (χ4n) is 2.02. The van der Waals surface area contributed by atoms with E-state index >= 15 is 0 Å². The van der Waals surface area contributed by atoms with Gasteiger partial charge in [0.2, 0.25) is 11.8 Å². The molecule has 4 nitrogen and oxygen atoms in total. The largest absolute Gasteiger partial charge is 0.369 e. The molecule has 4 heteroatoms. The van der Waals surface area contributed by atoms with E-state index in [0.717, 1.165) is 5.57 Å². The molecule has 0 saturated carbocycles. The molecule has 0 aliphatic heterocycles. The van der Waals surface area contributed by atoms with Crippen molar-refractivity contribution in [3.8, 4) is 0 Å². The molecule has 0 aliphatic carbocycles. The van der Waals surface area contributed by atoms with Crippen molar-refractivity contribution >= 4 is 11.8 Å². The van der Waals surface area contributed by atoms with E-state index in [1.54, 1.807) is 0 Å². The summed E-state index contributed by atoms with van der Waals surface area (Å²) in [6.07, 6.45) is 4.66. The Bertz CT molecular complexity index is 392. The number of primary amides is 1. The lowest BCUT2D eigenvalue weighted by molar-refractivity contribution is -0.134. The highest BCUT2D eigenvalue weighted by atomic mass is 16.2. The summed E-state index contributed by atoms with van der Waals surface area (Å²) in [7, 11) is 0. The predicted octanol–water partition coefficient (Wildman–Crippen LogP) is 3.19. The van der Waals surface area contributed by atoms with Gasteiger partial charge < -0.3 is 11.1 Å². The number of amides is 2. The van der Waals surface area contributed by atoms with Crippen molar-refractivity contribution in [1.29, 1.82) is 0 Å². The number of nitrogens with one attached hydrogen (secondary N) is 1. The molecule has 21 heavy (non-hydrogen) atoms. The van der Waals surface area contributed by atoms with E-state index < -0.39 is 17.7 Å². The smallest absolute Gasteiger partial charge is 0.224 e. The monoisotopic (exact) mass is 296 g/mol. The highest BCUT2D eigenvalue weighted by molar-refractivity contribution is 5.87. The van der Waals surface area contributed by atoms with Crippen LogP contribution in [0.5, 0.6) is 0 Å². The number of nitrogens with two attached hydrogens (primary N) is 1. The quantitative estimate of drug-likeness (QED) is 0.708. The average Bonchev–Trinajstić information content (AvgIpc) is 2.24. The van der Waals surface area contributed by atoms with Crippen LogP contribution in [0.1, 0.15) is 54.9 Å². The molecule has 0 bridgehead atoms. The molecule has 0 aromatic heterocycles. The molecule has 0 rings (SSSR count). The Labute approximate surface area is 129 Å². The number of carbonyl (C=O) groups excluding carboxylic acids is 2. The Balaban J connectivity index is 0. The Morgan fingerprint density at radius 2 is 1.81 bits per heavy atom. The highest BCUT2D eigenvalue weighted by Crippen LogP contribution is 2.24. The van der Waals surface area contributed by atoms with Crippen molar-refractivity contribution in [2.24, 2.45) is 17.6 Å². The van der Waals surface area contributed by atoms with Crippen molar-refractivity contribution in [1.82, 2.24) is 5.32 Å². The highest BCUT2D eigenvalue weighted by Gasteiger charge is 2.33. The van der Waals surface area contributed by atoms with Crippen molar-refractivity contribution in [3.05, 3.63) is 24.3 Å². The number of hydrogen-bond donors (Lipinski definition) is 2. The molecule has 2 atom stereocenters. The summed E-state index contributed by atoms with van der Waals surface area (Å²) in [5.74, 6) is -1.57. The molecule has 0 heterocycles. The van der Waals surface area contributed by atoms with E-state index in [1.807, 2.05) is 46.8 Å². The Hall–Kier alpha value is -1.58. The second-order valence-electron chi connectivity index (χ2n) is 6.32. The minimum absolute atomic E-state index is 0. The van der Waals surface area contributed by atoms with Gasteiger partial charge >= 0.3 is 0 Å². The third-order valence-corrected chi connectivity index (χ3v) is 2.88. The van der Waals surface area contributed by atoms with Gasteiger partial charge in [0.05, 0.1) is 11.8 Å².